The summed E-state index contributed by atoms with van der Waals surface area (Å²) in [6.45, 7) is 5.34. The summed E-state index contributed by atoms with van der Waals surface area (Å²) in [4.78, 5) is 24.9. The van der Waals surface area contributed by atoms with Crippen LogP contribution in [-0.2, 0) is 15.7 Å². The maximum atomic E-state index is 13.9. The highest BCUT2D eigenvalue weighted by molar-refractivity contribution is 6.00. The summed E-state index contributed by atoms with van der Waals surface area (Å²) < 4.78 is 52.7. The van der Waals surface area contributed by atoms with Crippen molar-refractivity contribution < 1.29 is 27.4 Å². The van der Waals surface area contributed by atoms with Crippen LogP contribution in [0.3, 0.4) is 0 Å². The summed E-state index contributed by atoms with van der Waals surface area (Å²) in [5.74, 6) is -0.946. The van der Waals surface area contributed by atoms with E-state index < -0.39 is 23.5 Å². The SMILES string of the molecule is CNC(=O)c1ccccc1Nc1nc(Nc2cc(N3CCOCC3)cc(N3CCOCC3)c2)ncc1C(F)(F)F. The minimum atomic E-state index is -4.72. The maximum Gasteiger partial charge on any atom is 0.421 e. The van der Waals surface area contributed by atoms with Gasteiger partial charge in [-0.1, -0.05) is 12.1 Å². The molecule has 0 spiro atoms. The van der Waals surface area contributed by atoms with Crippen molar-refractivity contribution in [3.63, 3.8) is 0 Å². The van der Waals surface area contributed by atoms with Crippen LogP contribution in [0, 0.1) is 0 Å². The maximum absolute atomic E-state index is 13.9. The van der Waals surface area contributed by atoms with Gasteiger partial charge in [0.2, 0.25) is 5.95 Å². The van der Waals surface area contributed by atoms with Gasteiger partial charge in [0, 0.05) is 56.5 Å². The van der Waals surface area contributed by atoms with Crippen molar-refractivity contribution in [2.24, 2.45) is 0 Å². The summed E-state index contributed by atoms with van der Waals surface area (Å²) in [5.41, 5.74) is 1.85. The van der Waals surface area contributed by atoms with Crippen molar-refractivity contribution in [2.75, 3.05) is 80.1 Å². The molecule has 2 saturated heterocycles. The Hall–Kier alpha value is -4.10. The Labute approximate surface area is 229 Å². The minimum Gasteiger partial charge on any atom is -0.378 e. The van der Waals surface area contributed by atoms with Crippen LogP contribution in [0.5, 0.6) is 0 Å². The molecular formula is C27H30F3N7O3. The number of carbonyl (C=O) groups excluding carboxylic acids is 1. The molecule has 3 heterocycles. The van der Waals surface area contributed by atoms with Crippen molar-refractivity contribution in [3.8, 4) is 0 Å². The van der Waals surface area contributed by atoms with E-state index in [-0.39, 0.29) is 17.2 Å². The number of morpholine rings is 2. The molecular weight excluding hydrogens is 527 g/mol. The number of hydrogen-bond acceptors (Lipinski definition) is 9. The lowest BCUT2D eigenvalue weighted by Gasteiger charge is -2.33. The summed E-state index contributed by atoms with van der Waals surface area (Å²) in [5, 5.41) is 8.28. The second-order valence-corrected chi connectivity index (χ2v) is 9.27. The Morgan fingerprint density at radius 1 is 0.900 bits per heavy atom. The van der Waals surface area contributed by atoms with Crippen LogP contribution in [0.25, 0.3) is 0 Å². The number of alkyl halides is 3. The number of hydrogen-bond donors (Lipinski definition) is 3. The van der Waals surface area contributed by atoms with Crippen LogP contribution < -0.4 is 25.8 Å². The number of nitrogens with one attached hydrogen (secondary N) is 3. The molecule has 0 aliphatic carbocycles. The van der Waals surface area contributed by atoms with E-state index in [0.717, 1.165) is 43.8 Å². The average molecular weight is 558 g/mol. The van der Waals surface area contributed by atoms with Gasteiger partial charge in [-0.3, -0.25) is 4.79 Å². The molecule has 2 aliphatic heterocycles. The van der Waals surface area contributed by atoms with E-state index >= 15 is 0 Å². The quantitative estimate of drug-likeness (QED) is 0.398. The van der Waals surface area contributed by atoms with Crippen molar-refractivity contribution in [2.45, 2.75) is 6.18 Å². The first-order chi connectivity index (χ1) is 19.3. The Morgan fingerprint density at radius 3 is 2.08 bits per heavy atom. The third-order valence-electron chi connectivity index (χ3n) is 6.66. The average Bonchev–Trinajstić information content (AvgIpc) is 2.97. The number of halogens is 3. The van der Waals surface area contributed by atoms with Gasteiger partial charge in [-0.25, -0.2) is 4.98 Å². The number of aromatic nitrogens is 2. The highest BCUT2D eigenvalue weighted by Gasteiger charge is 2.35. The molecule has 0 saturated carbocycles. The molecule has 3 aromatic rings. The van der Waals surface area contributed by atoms with Crippen LogP contribution >= 0.6 is 0 Å². The molecule has 0 radical (unpaired) electrons. The number of ether oxygens (including phenoxy) is 2. The number of rotatable bonds is 7. The molecule has 13 heteroatoms. The minimum absolute atomic E-state index is 0.0278. The van der Waals surface area contributed by atoms with E-state index in [0.29, 0.717) is 32.1 Å². The lowest BCUT2D eigenvalue weighted by atomic mass is 10.1. The largest absolute Gasteiger partial charge is 0.421 e. The Bertz CT molecular complexity index is 1310. The highest BCUT2D eigenvalue weighted by Crippen LogP contribution is 2.36. The third kappa shape index (κ3) is 6.37. The molecule has 1 aromatic heterocycles. The summed E-state index contributed by atoms with van der Waals surface area (Å²) in [6.07, 6.45) is -3.99. The second kappa shape index (κ2) is 12.0. The first kappa shape index (κ1) is 27.5. The molecule has 2 aliphatic rings. The van der Waals surface area contributed by atoms with Gasteiger partial charge in [-0.2, -0.15) is 18.2 Å². The Balaban J connectivity index is 1.49. The van der Waals surface area contributed by atoms with Gasteiger partial charge in [0.1, 0.15) is 11.4 Å². The second-order valence-electron chi connectivity index (χ2n) is 9.27. The van der Waals surface area contributed by atoms with Crippen molar-refractivity contribution in [3.05, 3.63) is 59.8 Å². The molecule has 1 amide bonds. The molecule has 2 fully saturated rings. The fraction of sp³-hybridized carbons (Fsp3) is 0.370. The van der Waals surface area contributed by atoms with Crippen molar-refractivity contribution in [1.82, 2.24) is 15.3 Å². The van der Waals surface area contributed by atoms with Gasteiger partial charge in [-0.05, 0) is 30.3 Å². The van der Waals surface area contributed by atoms with Crippen LogP contribution in [0.2, 0.25) is 0 Å². The monoisotopic (exact) mass is 557 g/mol. The molecule has 10 nitrogen and oxygen atoms in total. The standard InChI is InChI=1S/C27H30F3N7O3/c1-31-25(38)21-4-2-3-5-23(21)34-24-22(27(28,29)30)17-32-26(35-24)33-18-14-19(36-6-10-39-11-7-36)16-20(15-18)37-8-12-40-13-9-37/h2-5,14-17H,6-13H2,1H3,(H,31,38)(H2,32,33,34,35). The number of nitrogens with zero attached hydrogens (tertiary/aromatic N) is 4. The van der Waals surface area contributed by atoms with Crippen molar-refractivity contribution in [1.29, 1.82) is 0 Å². The fourth-order valence-corrected chi connectivity index (χ4v) is 4.60. The van der Waals surface area contributed by atoms with Crippen LogP contribution in [0.15, 0.2) is 48.7 Å². The smallest absolute Gasteiger partial charge is 0.378 e. The predicted molar refractivity (Wildman–Crippen MR) is 146 cm³/mol. The number of carbonyl (C=O) groups is 1. The molecule has 212 valence electrons. The van der Waals surface area contributed by atoms with Gasteiger partial charge in [0.25, 0.3) is 5.91 Å². The molecule has 5 rings (SSSR count). The summed E-state index contributed by atoms with van der Waals surface area (Å²) in [6, 6.07) is 12.2. The van der Waals surface area contributed by atoms with Crippen LogP contribution in [0.4, 0.5) is 47.7 Å². The first-order valence-electron chi connectivity index (χ1n) is 12.9. The molecule has 0 unspecified atom stereocenters. The van der Waals surface area contributed by atoms with Gasteiger partial charge in [0.15, 0.2) is 0 Å². The lowest BCUT2D eigenvalue weighted by Crippen LogP contribution is -2.38. The molecule has 2 aromatic carbocycles. The van der Waals surface area contributed by atoms with Crippen molar-refractivity contribution >= 4 is 40.4 Å². The van der Waals surface area contributed by atoms with Gasteiger partial charge in [0.05, 0.1) is 37.7 Å². The van der Waals surface area contributed by atoms with E-state index in [1.807, 2.05) is 12.1 Å². The number of anilines is 6. The Morgan fingerprint density at radius 2 is 1.50 bits per heavy atom. The molecule has 3 N–H and O–H groups in total. The normalized spacial score (nSPS) is 16.0. The van der Waals surface area contributed by atoms with Gasteiger partial charge in [-0.15, -0.1) is 0 Å². The van der Waals surface area contributed by atoms with E-state index in [9.17, 15) is 18.0 Å². The first-order valence-corrected chi connectivity index (χ1v) is 12.9. The highest BCUT2D eigenvalue weighted by atomic mass is 19.4. The van der Waals surface area contributed by atoms with E-state index in [1.54, 1.807) is 12.1 Å². The topological polar surface area (TPSA) is 104 Å². The summed E-state index contributed by atoms with van der Waals surface area (Å²) in [7, 11) is 1.45. The van der Waals surface area contributed by atoms with E-state index in [2.05, 4.69) is 41.8 Å². The molecule has 0 atom stereocenters. The number of amides is 1. The number of benzene rings is 2. The molecule has 0 bridgehead atoms. The van der Waals surface area contributed by atoms with Gasteiger partial charge < -0.3 is 35.2 Å². The zero-order valence-electron chi connectivity index (χ0n) is 21.9. The van der Waals surface area contributed by atoms with Crippen LogP contribution in [0.1, 0.15) is 15.9 Å². The van der Waals surface area contributed by atoms with E-state index in [4.69, 9.17) is 9.47 Å². The van der Waals surface area contributed by atoms with Gasteiger partial charge >= 0.3 is 6.18 Å². The summed E-state index contributed by atoms with van der Waals surface area (Å²) >= 11 is 0. The number of para-hydroxylation sites is 1. The predicted octanol–water partition coefficient (Wildman–Crippen LogP) is 4.02. The lowest BCUT2D eigenvalue weighted by molar-refractivity contribution is -0.137. The fourth-order valence-electron chi connectivity index (χ4n) is 4.60. The Kier molecular flexibility index (Phi) is 8.21. The zero-order valence-corrected chi connectivity index (χ0v) is 21.9. The molecule has 40 heavy (non-hydrogen) atoms. The van der Waals surface area contributed by atoms with E-state index in [1.165, 1.54) is 19.2 Å². The van der Waals surface area contributed by atoms with Crippen LogP contribution in [-0.4, -0.2) is 75.5 Å². The zero-order chi connectivity index (χ0) is 28.1. The third-order valence-corrected chi connectivity index (χ3v) is 6.66.